The molecule has 0 saturated heterocycles. The van der Waals surface area contributed by atoms with Crippen LogP contribution in [0, 0.1) is 0 Å². The van der Waals surface area contributed by atoms with Crippen molar-refractivity contribution >= 4 is 17.6 Å². The minimum absolute atomic E-state index is 0.0829. The van der Waals surface area contributed by atoms with Crippen LogP contribution in [0.1, 0.15) is 49.4 Å². The Bertz CT molecular complexity index is 1110. The van der Waals surface area contributed by atoms with E-state index < -0.39 is 0 Å². The van der Waals surface area contributed by atoms with Gasteiger partial charge in [-0.2, -0.15) is 5.10 Å². The van der Waals surface area contributed by atoms with Crippen molar-refractivity contribution in [2.45, 2.75) is 39.0 Å². The van der Waals surface area contributed by atoms with Crippen LogP contribution in [0.2, 0.25) is 0 Å². The van der Waals surface area contributed by atoms with Crippen molar-refractivity contribution in [1.29, 1.82) is 0 Å². The highest BCUT2D eigenvalue weighted by Gasteiger charge is 2.13. The van der Waals surface area contributed by atoms with E-state index >= 15 is 0 Å². The molecule has 0 spiro atoms. The van der Waals surface area contributed by atoms with E-state index in [2.05, 4.69) is 21.8 Å². The lowest BCUT2D eigenvalue weighted by Crippen LogP contribution is -2.24. The summed E-state index contributed by atoms with van der Waals surface area (Å²) in [6, 6.07) is 18.9. The first-order chi connectivity index (χ1) is 15.6. The van der Waals surface area contributed by atoms with E-state index in [-0.39, 0.29) is 11.8 Å². The number of carbonyl (C=O) groups is 2. The van der Waals surface area contributed by atoms with Gasteiger partial charge in [0.25, 0.3) is 5.91 Å². The summed E-state index contributed by atoms with van der Waals surface area (Å²) in [5.74, 6) is 0.324. The summed E-state index contributed by atoms with van der Waals surface area (Å²) < 4.78 is 1.68. The largest absolute Gasteiger partial charge is 0.352 e. The molecule has 0 atom stereocenters. The van der Waals surface area contributed by atoms with Crippen LogP contribution >= 0.6 is 0 Å². The Hall–Kier alpha value is -3.67. The van der Waals surface area contributed by atoms with Crippen molar-refractivity contribution in [3.8, 4) is 16.9 Å². The molecule has 0 radical (unpaired) electrons. The summed E-state index contributed by atoms with van der Waals surface area (Å²) in [6.45, 7) is 2.12. The molecule has 1 heterocycles. The number of aromatic nitrogens is 2. The van der Waals surface area contributed by atoms with Gasteiger partial charge in [0.2, 0.25) is 5.91 Å². The SMILES string of the molecule is CC(=O)Nc1cc(-c2ccccc2)nn1-c1ccc(C(=O)NCCC2=CCCCC2)cc1. The van der Waals surface area contributed by atoms with Crippen LogP contribution in [0.3, 0.4) is 0 Å². The van der Waals surface area contributed by atoms with E-state index in [0.717, 1.165) is 36.2 Å². The predicted molar refractivity (Wildman–Crippen MR) is 127 cm³/mol. The number of nitrogens with one attached hydrogen (secondary N) is 2. The van der Waals surface area contributed by atoms with E-state index in [1.165, 1.54) is 25.3 Å². The maximum Gasteiger partial charge on any atom is 0.251 e. The normalized spacial score (nSPS) is 13.3. The number of anilines is 1. The zero-order valence-electron chi connectivity index (χ0n) is 18.3. The molecule has 6 nitrogen and oxygen atoms in total. The van der Waals surface area contributed by atoms with Gasteiger partial charge in [-0.05, 0) is 56.4 Å². The van der Waals surface area contributed by atoms with E-state index in [0.29, 0.717) is 17.9 Å². The van der Waals surface area contributed by atoms with Crippen LogP contribution < -0.4 is 10.6 Å². The molecular weight excluding hydrogens is 400 g/mol. The molecule has 164 valence electrons. The van der Waals surface area contributed by atoms with Gasteiger partial charge in [0, 0.05) is 30.7 Å². The summed E-state index contributed by atoms with van der Waals surface area (Å²) in [6.07, 6.45) is 8.06. The third kappa shape index (κ3) is 5.32. The molecule has 0 bridgehead atoms. The molecule has 0 aliphatic heterocycles. The summed E-state index contributed by atoms with van der Waals surface area (Å²) in [5, 5.41) is 10.5. The average molecular weight is 429 g/mol. The number of allylic oxidation sites excluding steroid dienone is 1. The quantitative estimate of drug-likeness (QED) is 0.513. The van der Waals surface area contributed by atoms with Gasteiger partial charge in [-0.15, -0.1) is 0 Å². The highest BCUT2D eigenvalue weighted by Crippen LogP contribution is 2.25. The van der Waals surface area contributed by atoms with E-state index in [1.807, 2.05) is 48.5 Å². The van der Waals surface area contributed by atoms with E-state index in [9.17, 15) is 9.59 Å². The van der Waals surface area contributed by atoms with Crippen LogP contribution in [0.25, 0.3) is 16.9 Å². The van der Waals surface area contributed by atoms with Gasteiger partial charge < -0.3 is 10.6 Å². The minimum atomic E-state index is -0.171. The van der Waals surface area contributed by atoms with Gasteiger partial charge in [0.05, 0.1) is 11.4 Å². The smallest absolute Gasteiger partial charge is 0.251 e. The molecule has 2 amide bonds. The number of carbonyl (C=O) groups excluding carboxylic acids is 2. The average Bonchev–Trinajstić information content (AvgIpc) is 3.23. The fourth-order valence-corrected chi connectivity index (χ4v) is 3.92. The second kappa shape index (κ2) is 10.1. The summed E-state index contributed by atoms with van der Waals surface area (Å²) in [4.78, 5) is 24.2. The Morgan fingerprint density at radius 2 is 1.81 bits per heavy atom. The van der Waals surface area contributed by atoms with Crippen LogP contribution in [0.4, 0.5) is 5.82 Å². The number of hydrogen-bond acceptors (Lipinski definition) is 3. The fraction of sp³-hybridized carbons (Fsp3) is 0.269. The minimum Gasteiger partial charge on any atom is -0.352 e. The number of rotatable bonds is 7. The first-order valence-electron chi connectivity index (χ1n) is 11.1. The molecule has 0 saturated carbocycles. The molecule has 1 aliphatic rings. The van der Waals surface area contributed by atoms with Gasteiger partial charge in [-0.25, -0.2) is 4.68 Å². The van der Waals surface area contributed by atoms with Crippen molar-refractivity contribution in [2.75, 3.05) is 11.9 Å². The molecule has 2 aromatic carbocycles. The van der Waals surface area contributed by atoms with Gasteiger partial charge in [-0.1, -0.05) is 42.0 Å². The third-order valence-electron chi connectivity index (χ3n) is 5.57. The first kappa shape index (κ1) is 21.6. The van der Waals surface area contributed by atoms with Crippen LogP contribution in [0.15, 0.2) is 72.3 Å². The molecule has 3 aromatic rings. The summed E-state index contributed by atoms with van der Waals surface area (Å²) >= 11 is 0. The van der Waals surface area contributed by atoms with Crippen molar-refractivity contribution in [2.24, 2.45) is 0 Å². The molecule has 4 rings (SSSR count). The van der Waals surface area contributed by atoms with Gasteiger partial charge in [-0.3, -0.25) is 9.59 Å². The topological polar surface area (TPSA) is 76.0 Å². The monoisotopic (exact) mass is 428 g/mol. The Kier molecular flexibility index (Phi) is 6.80. The van der Waals surface area contributed by atoms with Crippen molar-refractivity contribution < 1.29 is 9.59 Å². The number of benzene rings is 2. The maximum absolute atomic E-state index is 12.5. The van der Waals surface area contributed by atoms with Gasteiger partial charge >= 0.3 is 0 Å². The molecule has 6 heteroatoms. The van der Waals surface area contributed by atoms with Crippen molar-refractivity contribution in [3.05, 3.63) is 77.9 Å². The zero-order valence-corrected chi connectivity index (χ0v) is 18.3. The molecule has 1 aliphatic carbocycles. The second-order valence-electron chi connectivity index (χ2n) is 8.03. The number of nitrogens with zero attached hydrogens (tertiary/aromatic N) is 2. The van der Waals surface area contributed by atoms with Crippen molar-refractivity contribution in [1.82, 2.24) is 15.1 Å². The molecule has 1 aromatic heterocycles. The summed E-state index contributed by atoms with van der Waals surface area (Å²) in [5.41, 5.74) is 4.53. The lowest BCUT2D eigenvalue weighted by atomic mass is 9.97. The zero-order chi connectivity index (χ0) is 22.3. The predicted octanol–water partition coefficient (Wildman–Crippen LogP) is 5.12. The molecule has 0 fully saturated rings. The second-order valence-corrected chi connectivity index (χ2v) is 8.03. The van der Waals surface area contributed by atoms with Crippen LogP contribution in [-0.2, 0) is 4.79 Å². The highest BCUT2D eigenvalue weighted by molar-refractivity contribution is 5.94. The van der Waals surface area contributed by atoms with Gasteiger partial charge in [0.15, 0.2) is 0 Å². The lowest BCUT2D eigenvalue weighted by Gasteiger charge is -2.13. The van der Waals surface area contributed by atoms with Gasteiger partial charge in [0.1, 0.15) is 5.82 Å². The Morgan fingerprint density at radius 1 is 1.03 bits per heavy atom. The van der Waals surface area contributed by atoms with Crippen LogP contribution in [0.5, 0.6) is 0 Å². The number of amides is 2. The maximum atomic E-state index is 12.5. The summed E-state index contributed by atoms with van der Waals surface area (Å²) in [7, 11) is 0. The Balaban J connectivity index is 1.48. The molecule has 32 heavy (non-hydrogen) atoms. The van der Waals surface area contributed by atoms with E-state index in [4.69, 9.17) is 0 Å². The Morgan fingerprint density at radius 3 is 2.50 bits per heavy atom. The number of hydrogen-bond donors (Lipinski definition) is 2. The Labute approximate surface area is 188 Å². The fourth-order valence-electron chi connectivity index (χ4n) is 3.92. The van der Waals surface area contributed by atoms with Crippen LogP contribution in [-0.4, -0.2) is 28.1 Å². The highest BCUT2D eigenvalue weighted by atomic mass is 16.2. The standard InChI is InChI=1S/C26H28N4O2/c1-19(31)28-25-18-24(21-10-6-3-7-11-21)29-30(25)23-14-12-22(13-15-23)26(32)27-17-16-20-8-4-2-5-9-20/h3,6-8,10-15,18H,2,4-5,9,16-17H2,1H3,(H,27,32)(H,28,31). The third-order valence-corrected chi connectivity index (χ3v) is 5.57. The molecule has 2 N–H and O–H groups in total. The first-order valence-corrected chi connectivity index (χ1v) is 11.1. The van der Waals surface area contributed by atoms with E-state index in [1.54, 1.807) is 16.8 Å². The van der Waals surface area contributed by atoms with Crippen molar-refractivity contribution in [3.63, 3.8) is 0 Å². The lowest BCUT2D eigenvalue weighted by molar-refractivity contribution is -0.114. The molecule has 0 unspecified atom stereocenters. The molecular formula is C26H28N4O2.